The molecule has 0 aliphatic carbocycles. The zero-order valence-corrected chi connectivity index (χ0v) is 12.0. The molecule has 1 fully saturated rings. The van der Waals surface area contributed by atoms with Crippen molar-refractivity contribution in [1.82, 2.24) is 15.1 Å². The fraction of sp³-hybridized carbons (Fsp3) is 0.714. The number of hydrogen-bond acceptors (Lipinski definition) is 4. The Morgan fingerprint density at radius 3 is 2.37 bits per heavy atom. The maximum Gasteiger partial charge on any atom is 0.266 e. The van der Waals surface area contributed by atoms with Gasteiger partial charge in [-0.05, 0) is 12.8 Å². The Morgan fingerprint density at radius 2 is 1.89 bits per heavy atom. The maximum atomic E-state index is 12.3. The van der Waals surface area contributed by atoms with Crippen LogP contribution in [0.2, 0.25) is 0 Å². The van der Waals surface area contributed by atoms with Gasteiger partial charge in [-0.15, -0.1) is 0 Å². The molecule has 0 spiro atoms. The molecule has 1 aliphatic rings. The van der Waals surface area contributed by atoms with E-state index in [0.29, 0.717) is 13.1 Å². The summed E-state index contributed by atoms with van der Waals surface area (Å²) in [5.41, 5.74) is 0.254. The van der Waals surface area contributed by atoms with Gasteiger partial charge < -0.3 is 15.1 Å². The smallest absolute Gasteiger partial charge is 0.266 e. The third-order valence-electron chi connectivity index (χ3n) is 3.09. The van der Waals surface area contributed by atoms with Gasteiger partial charge >= 0.3 is 0 Å². The van der Waals surface area contributed by atoms with Crippen LogP contribution in [0.1, 0.15) is 26.7 Å². The van der Waals surface area contributed by atoms with Crippen molar-refractivity contribution in [2.75, 3.05) is 39.3 Å². The Morgan fingerprint density at radius 1 is 1.32 bits per heavy atom. The summed E-state index contributed by atoms with van der Waals surface area (Å²) in [4.78, 5) is 16.1. The average Bonchev–Trinajstić information content (AvgIpc) is 2.45. The Kier molecular flexibility index (Phi) is 6.98. The minimum absolute atomic E-state index is 0.138. The lowest BCUT2D eigenvalue weighted by atomic mass is 10.2. The number of piperazine rings is 1. The first-order valence-corrected chi connectivity index (χ1v) is 7.08. The largest absolute Gasteiger partial charge is 0.376 e. The number of hydrogen-bond donors (Lipinski definition) is 1. The third-order valence-corrected chi connectivity index (χ3v) is 3.09. The number of amides is 1. The van der Waals surface area contributed by atoms with E-state index in [4.69, 9.17) is 0 Å². The van der Waals surface area contributed by atoms with Crippen LogP contribution in [0, 0.1) is 11.3 Å². The fourth-order valence-corrected chi connectivity index (χ4v) is 2.17. The predicted octanol–water partition coefficient (Wildman–Crippen LogP) is 0.948. The van der Waals surface area contributed by atoms with Crippen molar-refractivity contribution in [1.29, 1.82) is 5.26 Å². The molecule has 1 N–H and O–H groups in total. The molecule has 5 nitrogen and oxygen atoms in total. The average molecular weight is 264 g/mol. The van der Waals surface area contributed by atoms with Crippen molar-refractivity contribution in [2.24, 2.45) is 0 Å². The van der Waals surface area contributed by atoms with Gasteiger partial charge in [-0.3, -0.25) is 4.79 Å². The molecule has 0 atom stereocenters. The second-order valence-electron chi connectivity index (χ2n) is 4.73. The second-order valence-corrected chi connectivity index (χ2v) is 4.73. The van der Waals surface area contributed by atoms with E-state index in [1.165, 1.54) is 0 Å². The summed E-state index contributed by atoms with van der Waals surface area (Å²) in [5.74, 6) is -0.138. The number of nitrogens with zero attached hydrogens (tertiary/aromatic N) is 3. The van der Waals surface area contributed by atoms with E-state index in [1.54, 1.807) is 11.1 Å². The third kappa shape index (κ3) is 4.92. The molecule has 1 aliphatic heterocycles. The van der Waals surface area contributed by atoms with Crippen molar-refractivity contribution in [3.8, 4) is 6.07 Å². The first kappa shape index (κ1) is 15.5. The molecule has 1 saturated heterocycles. The Bertz CT molecular complexity index is 347. The summed E-state index contributed by atoms with van der Waals surface area (Å²) in [6.07, 6.45) is 3.76. The Labute approximate surface area is 115 Å². The highest BCUT2D eigenvalue weighted by Gasteiger charge is 2.20. The molecule has 1 heterocycles. The van der Waals surface area contributed by atoms with Crippen LogP contribution in [0.15, 0.2) is 11.8 Å². The summed E-state index contributed by atoms with van der Waals surface area (Å²) >= 11 is 0. The molecule has 106 valence electrons. The molecular weight excluding hydrogens is 240 g/mol. The fourth-order valence-electron chi connectivity index (χ4n) is 2.17. The summed E-state index contributed by atoms with van der Waals surface area (Å²) in [6.45, 7) is 8.93. The summed E-state index contributed by atoms with van der Waals surface area (Å²) < 4.78 is 0. The van der Waals surface area contributed by atoms with Crippen LogP contribution >= 0.6 is 0 Å². The van der Waals surface area contributed by atoms with E-state index < -0.39 is 0 Å². The Hall–Kier alpha value is -1.54. The Balaban J connectivity index is 2.73. The zero-order chi connectivity index (χ0) is 14.1. The van der Waals surface area contributed by atoms with Gasteiger partial charge in [0.25, 0.3) is 5.91 Å². The lowest BCUT2D eigenvalue weighted by molar-refractivity contribution is -0.127. The lowest BCUT2D eigenvalue weighted by Crippen LogP contribution is -2.47. The van der Waals surface area contributed by atoms with Crippen LogP contribution in [0.25, 0.3) is 0 Å². The summed E-state index contributed by atoms with van der Waals surface area (Å²) in [7, 11) is 0. The molecule has 1 amide bonds. The van der Waals surface area contributed by atoms with Crippen LogP contribution in [-0.2, 0) is 4.79 Å². The standard InChI is InChI=1S/C14H24N4O/c1-3-7-17(8-4-2)12-13(11-15)14(19)18-9-5-16-6-10-18/h12,16H,3-10H2,1-2H3/b13-12-. The molecule has 0 aromatic heterocycles. The van der Waals surface area contributed by atoms with Crippen molar-refractivity contribution in [3.05, 3.63) is 11.8 Å². The van der Waals surface area contributed by atoms with Gasteiger partial charge in [0.1, 0.15) is 11.6 Å². The molecule has 0 saturated carbocycles. The summed E-state index contributed by atoms with van der Waals surface area (Å²) in [6, 6.07) is 2.05. The summed E-state index contributed by atoms with van der Waals surface area (Å²) in [5, 5.41) is 12.4. The van der Waals surface area contributed by atoms with Gasteiger partial charge in [0.05, 0.1) is 0 Å². The normalized spacial score (nSPS) is 16.1. The molecule has 1 rings (SSSR count). The van der Waals surface area contributed by atoms with Crippen LogP contribution in [0.4, 0.5) is 0 Å². The number of nitriles is 1. The molecule has 0 aromatic carbocycles. The number of nitrogens with one attached hydrogen (secondary N) is 1. The highest BCUT2D eigenvalue weighted by atomic mass is 16.2. The van der Waals surface area contributed by atoms with Gasteiger partial charge in [-0.2, -0.15) is 5.26 Å². The van der Waals surface area contributed by atoms with Crippen molar-refractivity contribution < 1.29 is 4.79 Å². The van der Waals surface area contributed by atoms with Crippen molar-refractivity contribution in [3.63, 3.8) is 0 Å². The molecule has 0 aromatic rings. The van der Waals surface area contributed by atoms with Gasteiger partial charge in [0.15, 0.2) is 0 Å². The molecule has 19 heavy (non-hydrogen) atoms. The van der Waals surface area contributed by atoms with Crippen molar-refractivity contribution >= 4 is 5.91 Å². The second kappa shape index (κ2) is 8.54. The SMILES string of the molecule is CCCN(/C=C(/C#N)C(=O)N1CCNCC1)CCC. The molecular formula is C14H24N4O. The van der Waals surface area contributed by atoms with E-state index >= 15 is 0 Å². The molecule has 0 radical (unpaired) electrons. The molecule has 5 heteroatoms. The number of rotatable bonds is 6. The zero-order valence-electron chi connectivity index (χ0n) is 12.0. The van der Waals surface area contributed by atoms with E-state index in [2.05, 4.69) is 30.1 Å². The first-order valence-electron chi connectivity index (χ1n) is 7.08. The van der Waals surface area contributed by atoms with Crippen LogP contribution in [0.5, 0.6) is 0 Å². The minimum Gasteiger partial charge on any atom is -0.376 e. The molecule has 0 unspecified atom stereocenters. The van der Waals surface area contributed by atoms with E-state index in [-0.39, 0.29) is 11.5 Å². The van der Waals surface area contributed by atoms with Gasteiger partial charge in [0, 0.05) is 45.5 Å². The monoisotopic (exact) mass is 264 g/mol. The van der Waals surface area contributed by atoms with Crippen LogP contribution in [-0.4, -0.2) is 55.0 Å². The molecule has 0 bridgehead atoms. The lowest BCUT2D eigenvalue weighted by Gasteiger charge is -2.27. The minimum atomic E-state index is -0.138. The predicted molar refractivity (Wildman–Crippen MR) is 75.3 cm³/mol. The van der Waals surface area contributed by atoms with E-state index in [0.717, 1.165) is 39.0 Å². The van der Waals surface area contributed by atoms with Gasteiger partial charge in [-0.1, -0.05) is 13.8 Å². The van der Waals surface area contributed by atoms with Gasteiger partial charge in [0.2, 0.25) is 0 Å². The van der Waals surface area contributed by atoms with Crippen molar-refractivity contribution in [2.45, 2.75) is 26.7 Å². The van der Waals surface area contributed by atoms with Crippen LogP contribution < -0.4 is 5.32 Å². The number of carbonyl (C=O) groups excluding carboxylic acids is 1. The van der Waals surface area contributed by atoms with Gasteiger partial charge in [-0.25, -0.2) is 0 Å². The maximum absolute atomic E-state index is 12.3. The highest BCUT2D eigenvalue weighted by molar-refractivity contribution is 5.97. The van der Waals surface area contributed by atoms with E-state index in [1.807, 2.05) is 0 Å². The van der Waals surface area contributed by atoms with E-state index in [9.17, 15) is 10.1 Å². The topological polar surface area (TPSA) is 59.4 Å². The number of carbonyl (C=O) groups is 1. The quantitative estimate of drug-likeness (QED) is 0.573. The highest BCUT2D eigenvalue weighted by Crippen LogP contribution is 2.06. The first-order chi connectivity index (χ1) is 9.22. The van der Waals surface area contributed by atoms with Crippen LogP contribution in [0.3, 0.4) is 0 Å².